The predicted molar refractivity (Wildman–Crippen MR) is 51.3 cm³/mol. The van der Waals surface area contributed by atoms with Crippen molar-refractivity contribution in [1.82, 2.24) is 0 Å². The van der Waals surface area contributed by atoms with Gasteiger partial charge in [0.1, 0.15) is 0 Å². The van der Waals surface area contributed by atoms with Crippen molar-refractivity contribution in [2.24, 2.45) is 5.41 Å². The summed E-state index contributed by atoms with van der Waals surface area (Å²) in [5, 5.41) is 0. The molecule has 0 amide bonds. The molecule has 3 heteroatoms. The van der Waals surface area contributed by atoms with Gasteiger partial charge in [0.25, 0.3) is 0 Å². The van der Waals surface area contributed by atoms with Gasteiger partial charge in [0.15, 0.2) is 6.79 Å². The van der Waals surface area contributed by atoms with Crippen LogP contribution in [0, 0.1) is 5.41 Å². The van der Waals surface area contributed by atoms with E-state index in [0.29, 0.717) is 6.42 Å². The Bertz CT molecular complexity index is 156. The van der Waals surface area contributed by atoms with Gasteiger partial charge in [0.05, 0.1) is 12.5 Å². The van der Waals surface area contributed by atoms with Crippen LogP contribution in [0.4, 0.5) is 0 Å². The van der Waals surface area contributed by atoms with Gasteiger partial charge in [0.2, 0.25) is 0 Å². The maximum Gasteiger partial charge on any atom is 0.308 e. The second-order valence-electron chi connectivity index (χ2n) is 4.59. The van der Waals surface area contributed by atoms with Gasteiger partial charge in [-0.3, -0.25) is 4.79 Å². The van der Waals surface area contributed by atoms with Crippen LogP contribution in [0.15, 0.2) is 0 Å². The summed E-state index contributed by atoms with van der Waals surface area (Å²) in [6, 6.07) is 0. The van der Waals surface area contributed by atoms with Gasteiger partial charge in [-0.2, -0.15) is 0 Å². The highest BCUT2D eigenvalue weighted by molar-refractivity contribution is 5.69. The van der Waals surface area contributed by atoms with E-state index in [9.17, 15) is 4.79 Å². The quantitative estimate of drug-likeness (QED) is 0.502. The lowest BCUT2D eigenvalue weighted by Gasteiger charge is -2.16. The van der Waals surface area contributed by atoms with Crippen molar-refractivity contribution in [3.8, 4) is 0 Å². The van der Waals surface area contributed by atoms with Crippen LogP contribution in [0.3, 0.4) is 0 Å². The zero-order valence-electron chi connectivity index (χ0n) is 9.22. The SMILES string of the molecule is CC(C)OCOC(=O)CC(C)(C)C. The van der Waals surface area contributed by atoms with Crippen molar-refractivity contribution < 1.29 is 14.3 Å². The van der Waals surface area contributed by atoms with Crippen molar-refractivity contribution >= 4 is 5.97 Å². The van der Waals surface area contributed by atoms with Crippen LogP contribution in [0.1, 0.15) is 41.0 Å². The number of ether oxygens (including phenoxy) is 2. The van der Waals surface area contributed by atoms with Gasteiger partial charge < -0.3 is 9.47 Å². The summed E-state index contributed by atoms with van der Waals surface area (Å²) >= 11 is 0. The van der Waals surface area contributed by atoms with Gasteiger partial charge in [-0.1, -0.05) is 20.8 Å². The molecule has 0 N–H and O–H groups in total. The number of carbonyl (C=O) groups excluding carboxylic acids is 1. The van der Waals surface area contributed by atoms with E-state index in [0.717, 1.165) is 0 Å². The molecule has 0 heterocycles. The third-order valence-electron chi connectivity index (χ3n) is 1.30. The molecule has 0 aliphatic heterocycles. The molecule has 0 unspecified atom stereocenters. The third-order valence-corrected chi connectivity index (χ3v) is 1.30. The average Bonchev–Trinajstić information content (AvgIpc) is 1.81. The molecule has 0 saturated heterocycles. The Morgan fingerprint density at radius 3 is 2.23 bits per heavy atom. The summed E-state index contributed by atoms with van der Waals surface area (Å²) in [6.45, 7) is 9.86. The van der Waals surface area contributed by atoms with E-state index in [4.69, 9.17) is 9.47 Å². The van der Waals surface area contributed by atoms with Crippen LogP contribution in [0.5, 0.6) is 0 Å². The fourth-order valence-electron chi connectivity index (χ4n) is 0.720. The number of carbonyl (C=O) groups is 1. The zero-order chi connectivity index (χ0) is 10.5. The van der Waals surface area contributed by atoms with Crippen LogP contribution < -0.4 is 0 Å². The molecule has 0 spiro atoms. The standard InChI is InChI=1S/C10H20O3/c1-8(2)12-7-13-9(11)6-10(3,4)5/h8H,6-7H2,1-5H3. The third kappa shape index (κ3) is 9.34. The highest BCUT2D eigenvalue weighted by Crippen LogP contribution is 2.18. The first-order valence-electron chi connectivity index (χ1n) is 4.58. The first-order chi connectivity index (χ1) is 5.81. The molecule has 3 nitrogen and oxygen atoms in total. The Morgan fingerprint density at radius 2 is 1.85 bits per heavy atom. The summed E-state index contributed by atoms with van der Waals surface area (Å²) in [6.07, 6.45) is 0.525. The van der Waals surface area contributed by atoms with E-state index in [-0.39, 0.29) is 24.3 Å². The van der Waals surface area contributed by atoms with Crippen molar-refractivity contribution in [2.75, 3.05) is 6.79 Å². The van der Waals surface area contributed by atoms with Crippen molar-refractivity contribution in [3.05, 3.63) is 0 Å². The molecule has 0 fully saturated rings. The molecule has 0 aromatic heterocycles. The monoisotopic (exact) mass is 188 g/mol. The Kier molecular flexibility index (Phi) is 4.99. The van der Waals surface area contributed by atoms with Crippen molar-refractivity contribution in [3.63, 3.8) is 0 Å². The number of hydrogen-bond acceptors (Lipinski definition) is 3. The minimum Gasteiger partial charge on any atom is -0.438 e. The average molecular weight is 188 g/mol. The van der Waals surface area contributed by atoms with Gasteiger partial charge in [-0.05, 0) is 19.3 Å². The Hall–Kier alpha value is -0.570. The number of esters is 1. The first kappa shape index (κ1) is 12.4. The van der Waals surface area contributed by atoms with E-state index in [1.54, 1.807) is 0 Å². The number of rotatable bonds is 4. The molecule has 0 atom stereocenters. The van der Waals surface area contributed by atoms with Crippen molar-refractivity contribution in [2.45, 2.75) is 47.1 Å². The van der Waals surface area contributed by atoms with E-state index in [1.165, 1.54) is 0 Å². The molecule has 0 bridgehead atoms. The molecule has 0 radical (unpaired) electrons. The molecule has 13 heavy (non-hydrogen) atoms. The molecular weight excluding hydrogens is 168 g/mol. The maximum atomic E-state index is 11.1. The second kappa shape index (κ2) is 5.22. The summed E-state index contributed by atoms with van der Waals surface area (Å²) in [5.74, 6) is -0.201. The van der Waals surface area contributed by atoms with Crippen LogP contribution in [0.2, 0.25) is 0 Å². The van der Waals surface area contributed by atoms with Crippen LogP contribution >= 0.6 is 0 Å². The van der Waals surface area contributed by atoms with Crippen molar-refractivity contribution in [1.29, 1.82) is 0 Å². The number of hydrogen-bond donors (Lipinski definition) is 0. The lowest BCUT2D eigenvalue weighted by Crippen LogP contribution is -2.18. The van der Waals surface area contributed by atoms with Gasteiger partial charge in [-0.25, -0.2) is 0 Å². The topological polar surface area (TPSA) is 35.5 Å². The van der Waals surface area contributed by atoms with E-state index >= 15 is 0 Å². The lowest BCUT2D eigenvalue weighted by atomic mass is 9.93. The lowest BCUT2D eigenvalue weighted by molar-refractivity contribution is -0.161. The summed E-state index contributed by atoms with van der Waals surface area (Å²) in [4.78, 5) is 11.1. The molecule has 78 valence electrons. The maximum absolute atomic E-state index is 11.1. The van der Waals surface area contributed by atoms with Gasteiger partial charge in [0, 0.05) is 0 Å². The van der Waals surface area contributed by atoms with Gasteiger partial charge >= 0.3 is 5.97 Å². The molecule has 0 rings (SSSR count). The molecular formula is C10H20O3. The van der Waals surface area contributed by atoms with E-state index < -0.39 is 0 Å². The first-order valence-corrected chi connectivity index (χ1v) is 4.58. The minimum absolute atomic E-state index is 0.0189. The molecule has 0 aliphatic rings. The van der Waals surface area contributed by atoms with Gasteiger partial charge in [-0.15, -0.1) is 0 Å². The van der Waals surface area contributed by atoms with E-state index in [2.05, 4.69) is 0 Å². The normalized spacial score (nSPS) is 11.8. The molecule has 0 aromatic carbocycles. The van der Waals surface area contributed by atoms with Crippen LogP contribution in [-0.2, 0) is 14.3 Å². The summed E-state index contributed by atoms with van der Waals surface area (Å²) in [5.41, 5.74) is -0.0189. The van der Waals surface area contributed by atoms with Crippen LogP contribution in [0.25, 0.3) is 0 Å². The molecule has 0 aliphatic carbocycles. The molecule has 0 aromatic rings. The zero-order valence-corrected chi connectivity index (χ0v) is 9.22. The predicted octanol–water partition coefficient (Wildman–Crippen LogP) is 2.35. The highest BCUT2D eigenvalue weighted by Gasteiger charge is 2.16. The molecule has 0 saturated carbocycles. The Labute approximate surface area is 80.4 Å². The fourth-order valence-corrected chi connectivity index (χ4v) is 0.720. The van der Waals surface area contributed by atoms with E-state index in [1.807, 2.05) is 34.6 Å². The Morgan fingerprint density at radius 1 is 1.31 bits per heavy atom. The second-order valence-corrected chi connectivity index (χ2v) is 4.59. The van der Waals surface area contributed by atoms with Crippen LogP contribution in [-0.4, -0.2) is 18.9 Å². The largest absolute Gasteiger partial charge is 0.438 e. The highest BCUT2D eigenvalue weighted by atomic mass is 16.7. The fraction of sp³-hybridized carbons (Fsp3) is 0.900. The smallest absolute Gasteiger partial charge is 0.308 e. The summed E-state index contributed by atoms with van der Waals surface area (Å²) < 4.78 is 9.95. The minimum atomic E-state index is -0.201. The summed E-state index contributed by atoms with van der Waals surface area (Å²) in [7, 11) is 0. The Balaban J connectivity index is 3.53.